The summed E-state index contributed by atoms with van der Waals surface area (Å²) in [5.74, 6) is -0.596. The van der Waals surface area contributed by atoms with Crippen molar-refractivity contribution in [2.45, 2.75) is 89.9 Å². The summed E-state index contributed by atoms with van der Waals surface area (Å²) in [5.41, 5.74) is 3.58. The van der Waals surface area contributed by atoms with Crippen molar-refractivity contribution in [1.29, 1.82) is 0 Å². The molecule has 0 saturated heterocycles. The normalized spacial score (nSPS) is 24.8. The summed E-state index contributed by atoms with van der Waals surface area (Å²) in [6, 6.07) is 0. The predicted octanol–water partition coefficient (Wildman–Crippen LogP) is 2.97. The highest BCUT2D eigenvalue weighted by atomic mass is 16.4. The quantitative estimate of drug-likeness (QED) is 0.663. The van der Waals surface area contributed by atoms with Crippen molar-refractivity contribution in [3.8, 4) is 0 Å². The first-order valence-corrected chi connectivity index (χ1v) is 11.3. The van der Waals surface area contributed by atoms with E-state index < -0.39 is 11.9 Å². The van der Waals surface area contributed by atoms with Gasteiger partial charge in [-0.2, -0.15) is 0 Å². The number of rotatable bonds is 4. The number of aliphatic carboxylic acids is 2. The van der Waals surface area contributed by atoms with E-state index in [0.29, 0.717) is 35.8 Å². The molecule has 4 aliphatic carbocycles. The zero-order valence-corrected chi connectivity index (χ0v) is 18.6. The molecule has 2 fully saturated rings. The van der Waals surface area contributed by atoms with Crippen LogP contribution in [0.2, 0.25) is 0 Å². The van der Waals surface area contributed by atoms with E-state index in [9.17, 15) is 19.2 Å². The monoisotopic (exact) mass is 452 g/mol. The largest absolute Gasteiger partial charge is 0.481 e. The first kappa shape index (κ1) is 27.7. The molecule has 2 saturated carbocycles. The average Bonchev–Trinajstić information content (AvgIpc) is 2.72. The van der Waals surface area contributed by atoms with E-state index in [1.807, 2.05) is 0 Å². The van der Waals surface area contributed by atoms with Gasteiger partial charge in [0, 0.05) is 24.0 Å². The Morgan fingerprint density at radius 3 is 1.34 bits per heavy atom. The Bertz CT molecular complexity index is 726. The molecule has 2 atom stereocenters. The van der Waals surface area contributed by atoms with Gasteiger partial charge < -0.3 is 21.2 Å². The number of carbonyl (C=O) groups excluding carboxylic acids is 2. The lowest BCUT2D eigenvalue weighted by atomic mass is 9.73. The van der Waals surface area contributed by atoms with Crippen LogP contribution in [0.5, 0.6) is 0 Å². The Labute approximate surface area is 188 Å². The van der Waals surface area contributed by atoms with Gasteiger partial charge >= 0.3 is 11.9 Å². The van der Waals surface area contributed by atoms with Crippen LogP contribution in [-0.2, 0) is 19.2 Å². The lowest BCUT2D eigenvalue weighted by Crippen LogP contribution is -2.23. The van der Waals surface area contributed by atoms with Crippen LogP contribution in [0.25, 0.3) is 0 Å². The molecule has 8 nitrogen and oxygen atoms in total. The van der Waals surface area contributed by atoms with Crippen LogP contribution in [0, 0.1) is 11.8 Å². The molecule has 0 aromatic carbocycles. The average molecular weight is 453 g/mol. The molecule has 0 unspecified atom stereocenters. The molecule has 0 aliphatic heterocycles. The summed E-state index contributed by atoms with van der Waals surface area (Å²) in [6.45, 7) is 0. The second kappa shape index (κ2) is 12.6. The first-order valence-electron chi connectivity index (χ1n) is 11.3. The maximum atomic E-state index is 11.7. The second-order valence-corrected chi connectivity index (χ2v) is 8.96. The minimum atomic E-state index is -0.878. The van der Waals surface area contributed by atoms with Crippen molar-refractivity contribution in [3.63, 3.8) is 0 Å². The number of carboxylic acids is 2. The molecule has 0 radical (unpaired) electrons. The summed E-state index contributed by atoms with van der Waals surface area (Å²) >= 11 is 0. The molecule has 0 amide bonds. The van der Waals surface area contributed by atoms with Gasteiger partial charge in [-0.25, -0.2) is 0 Å². The van der Waals surface area contributed by atoms with Gasteiger partial charge in [-0.1, -0.05) is 24.0 Å². The molecule has 0 heterocycles. The Morgan fingerprint density at radius 2 is 1.00 bits per heavy atom. The molecule has 0 bridgehead atoms. The van der Waals surface area contributed by atoms with E-state index in [4.69, 9.17) is 10.2 Å². The summed E-state index contributed by atoms with van der Waals surface area (Å²) < 4.78 is 0. The summed E-state index contributed by atoms with van der Waals surface area (Å²) in [6.07, 6.45) is 11.7. The number of ketones is 2. The zero-order valence-electron chi connectivity index (χ0n) is 18.6. The lowest BCUT2D eigenvalue weighted by Gasteiger charge is -2.31. The Kier molecular flexibility index (Phi) is 11.0. The van der Waals surface area contributed by atoms with Gasteiger partial charge in [0.25, 0.3) is 0 Å². The van der Waals surface area contributed by atoms with Gasteiger partial charge in [0.2, 0.25) is 0 Å². The van der Waals surface area contributed by atoms with Crippen molar-refractivity contribution in [3.05, 3.63) is 22.3 Å². The van der Waals surface area contributed by atoms with Gasteiger partial charge in [0.1, 0.15) is 0 Å². The van der Waals surface area contributed by atoms with Crippen LogP contribution >= 0.6 is 0 Å². The van der Waals surface area contributed by atoms with Crippen LogP contribution in [-0.4, -0.2) is 44.7 Å². The van der Waals surface area contributed by atoms with Gasteiger partial charge in [-0.3, -0.25) is 19.2 Å². The summed E-state index contributed by atoms with van der Waals surface area (Å²) in [5, 5.41) is 17.6. The van der Waals surface area contributed by atoms with Crippen molar-refractivity contribution in [2.75, 3.05) is 0 Å². The molecular formula is C24H36O8. The van der Waals surface area contributed by atoms with Crippen molar-refractivity contribution >= 4 is 23.5 Å². The molecule has 6 N–H and O–H groups in total. The Balaban J connectivity index is 0.000000301. The van der Waals surface area contributed by atoms with E-state index >= 15 is 0 Å². The number of Topliss-reactive ketones (excluding diaryl/α,β-unsaturated/α-hetero) is 2. The van der Waals surface area contributed by atoms with Crippen LogP contribution in [0.15, 0.2) is 22.3 Å². The molecule has 0 spiro atoms. The maximum absolute atomic E-state index is 11.7. The van der Waals surface area contributed by atoms with E-state index in [1.165, 1.54) is 24.0 Å². The topological polar surface area (TPSA) is 172 Å². The smallest absolute Gasteiger partial charge is 0.307 e. The standard InChI is InChI=1S/2C12H16O3.2H2O/c2*13-11-6-5-8-3-1-2-4-9(8)10(11)7-12(14)15;;/h2*8H,1-7H2,(H,14,15);2*1H2/t2*8-;;/m11../s1. The highest BCUT2D eigenvalue weighted by Crippen LogP contribution is 2.40. The second-order valence-electron chi connectivity index (χ2n) is 8.96. The molecule has 32 heavy (non-hydrogen) atoms. The number of carbonyl (C=O) groups is 4. The van der Waals surface area contributed by atoms with Gasteiger partial charge in [-0.15, -0.1) is 0 Å². The summed E-state index contributed by atoms with van der Waals surface area (Å²) in [7, 11) is 0. The van der Waals surface area contributed by atoms with Crippen molar-refractivity contribution in [1.82, 2.24) is 0 Å². The fraction of sp³-hybridized carbons (Fsp3) is 0.667. The maximum Gasteiger partial charge on any atom is 0.307 e. The zero-order chi connectivity index (χ0) is 21.7. The molecule has 0 aromatic heterocycles. The molecule has 4 aliphatic rings. The van der Waals surface area contributed by atoms with E-state index in [-0.39, 0.29) is 35.4 Å². The van der Waals surface area contributed by atoms with E-state index in [1.54, 1.807) is 0 Å². The molecular weight excluding hydrogens is 416 g/mol. The predicted molar refractivity (Wildman–Crippen MR) is 118 cm³/mol. The molecule has 4 rings (SSSR count). The molecule has 0 aromatic rings. The highest BCUT2D eigenvalue weighted by Gasteiger charge is 2.31. The van der Waals surface area contributed by atoms with E-state index in [0.717, 1.165) is 51.4 Å². The minimum Gasteiger partial charge on any atom is -0.481 e. The van der Waals surface area contributed by atoms with Crippen LogP contribution in [0.1, 0.15) is 89.9 Å². The molecule has 180 valence electrons. The third-order valence-corrected chi connectivity index (χ3v) is 7.03. The number of carboxylic acid groups (broad SMARTS) is 2. The van der Waals surface area contributed by atoms with Gasteiger partial charge in [0.15, 0.2) is 11.6 Å². The van der Waals surface area contributed by atoms with Crippen LogP contribution in [0.3, 0.4) is 0 Å². The highest BCUT2D eigenvalue weighted by molar-refractivity contribution is 6.01. The SMILES string of the molecule is O.O.O=C(O)CC1=C2CCCC[C@@H]2CCC1=O.O=C(O)CC1=C2CCCC[C@@H]2CCC1=O. The van der Waals surface area contributed by atoms with Crippen LogP contribution < -0.4 is 0 Å². The third kappa shape index (κ3) is 6.84. The van der Waals surface area contributed by atoms with Gasteiger partial charge in [0.05, 0.1) is 12.8 Å². The first-order chi connectivity index (χ1) is 14.4. The number of hydrogen-bond acceptors (Lipinski definition) is 4. The van der Waals surface area contributed by atoms with Gasteiger partial charge in [-0.05, 0) is 63.2 Å². The third-order valence-electron chi connectivity index (χ3n) is 7.03. The molecule has 8 heteroatoms. The van der Waals surface area contributed by atoms with Crippen molar-refractivity contribution < 1.29 is 40.3 Å². The lowest BCUT2D eigenvalue weighted by molar-refractivity contribution is -0.137. The van der Waals surface area contributed by atoms with Crippen LogP contribution in [0.4, 0.5) is 0 Å². The fourth-order valence-corrected chi connectivity index (χ4v) is 5.60. The number of hydrogen-bond donors (Lipinski definition) is 2. The fourth-order valence-electron chi connectivity index (χ4n) is 5.60. The number of fused-ring (bicyclic) bond motifs is 2. The Morgan fingerprint density at radius 1 is 0.625 bits per heavy atom. The van der Waals surface area contributed by atoms with E-state index in [2.05, 4.69) is 0 Å². The number of allylic oxidation sites excluding steroid dienone is 2. The summed E-state index contributed by atoms with van der Waals surface area (Å²) in [4.78, 5) is 44.7. The van der Waals surface area contributed by atoms with Crippen molar-refractivity contribution in [2.24, 2.45) is 11.8 Å². The Hall–Kier alpha value is -2.32. The minimum absolute atomic E-state index is 0.